The molecule has 1 amide bonds. The lowest BCUT2D eigenvalue weighted by atomic mass is 10.0. The molecular weight excluding hydrogens is 320 g/mol. The number of amides is 1. The van der Waals surface area contributed by atoms with Crippen LogP contribution in [0.5, 0.6) is 0 Å². The Morgan fingerprint density at radius 1 is 1.20 bits per heavy atom. The van der Waals surface area contributed by atoms with Crippen LogP contribution in [0.3, 0.4) is 0 Å². The molecule has 25 heavy (non-hydrogen) atoms. The quantitative estimate of drug-likeness (QED) is 0.654. The molecule has 136 valence electrons. The van der Waals surface area contributed by atoms with Crippen LogP contribution >= 0.6 is 0 Å². The number of non-ortho nitro benzene ring substituents is 1. The number of nitrogens with zero attached hydrogens (tertiary/aromatic N) is 3. The summed E-state index contributed by atoms with van der Waals surface area (Å²) in [6.45, 7) is 6.19. The number of carbonyl (C=O) groups is 1. The van der Waals surface area contributed by atoms with Gasteiger partial charge in [0.25, 0.3) is 5.69 Å². The topological polar surface area (TPSA) is 78.7 Å². The number of hydrogen-bond acceptors (Lipinski definition) is 5. The van der Waals surface area contributed by atoms with Gasteiger partial charge in [-0.3, -0.25) is 24.7 Å². The molecule has 0 radical (unpaired) electrons. The highest BCUT2D eigenvalue weighted by Gasteiger charge is 2.31. The van der Waals surface area contributed by atoms with Crippen molar-refractivity contribution in [2.45, 2.75) is 44.7 Å². The van der Waals surface area contributed by atoms with Crippen LogP contribution in [0.1, 0.15) is 32.6 Å². The second-order valence-corrected chi connectivity index (χ2v) is 7.00. The van der Waals surface area contributed by atoms with Gasteiger partial charge in [0, 0.05) is 30.4 Å². The maximum absolute atomic E-state index is 12.6. The summed E-state index contributed by atoms with van der Waals surface area (Å²) in [5, 5.41) is 13.6. The molecule has 2 aliphatic rings. The summed E-state index contributed by atoms with van der Waals surface area (Å²) < 4.78 is 0. The third-order valence-electron chi connectivity index (χ3n) is 5.36. The van der Waals surface area contributed by atoms with E-state index in [1.54, 1.807) is 12.1 Å². The summed E-state index contributed by atoms with van der Waals surface area (Å²) >= 11 is 0. The lowest BCUT2D eigenvalue weighted by Crippen LogP contribution is -2.52. The first-order valence-electron chi connectivity index (χ1n) is 9.08. The molecule has 0 aliphatic carbocycles. The fraction of sp³-hybridized carbons (Fsp3) is 0.611. The molecule has 3 rings (SSSR count). The molecule has 1 N–H and O–H groups in total. The number of nitro groups is 1. The Morgan fingerprint density at radius 3 is 2.52 bits per heavy atom. The summed E-state index contributed by atoms with van der Waals surface area (Å²) in [6.07, 6.45) is 4.91. The zero-order chi connectivity index (χ0) is 17.8. The van der Waals surface area contributed by atoms with Crippen LogP contribution in [0, 0.1) is 10.1 Å². The standard InChI is InChI=1S/C18H26N4O3/c1-14(18(23)19-15-6-8-16(9-7-15)22(24)25)21-12-4-5-17(13-21)20-10-2-3-11-20/h6-9,14,17H,2-5,10-13H2,1H3,(H,19,23)/t14-,17-/m1/s1. The molecule has 1 aromatic carbocycles. The molecule has 2 fully saturated rings. The van der Waals surface area contributed by atoms with E-state index in [1.807, 2.05) is 6.92 Å². The second-order valence-electron chi connectivity index (χ2n) is 7.00. The Labute approximate surface area is 148 Å². The van der Waals surface area contributed by atoms with Crippen molar-refractivity contribution in [3.63, 3.8) is 0 Å². The summed E-state index contributed by atoms with van der Waals surface area (Å²) in [5.74, 6) is -0.0593. The summed E-state index contributed by atoms with van der Waals surface area (Å²) in [7, 11) is 0. The second kappa shape index (κ2) is 7.93. The third kappa shape index (κ3) is 4.35. The van der Waals surface area contributed by atoms with Gasteiger partial charge >= 0.3 is 0 Å². The number of piperidine rings is 1. The van der Waals surface area contributed by atoms with Crippen molar-refractivity contribution in [3.8, 4) is 0 Å². The van der Waals surface area contributed by atoms with Crippen LogP contribution in [0.4, 0.5) is 11.4 Å². The third-order valence-corrected chi connectivity index (χ3v) is 5.36. The zero-order valence-electron chi connectivity index (χ0n) is 14.7. The number of likely N-dealkylation sites (tertiary alicyclic amines) is 2. The Hall–Kier alpha value is -1.99. The first-order valence-corrected chi connectivity index (χ1v) is 9.08. The van der Waals surface area contributed by atoms with Gasteiger partial charge < -0.3 is 5.32 Å². The summed E-state index contributed by atoms with van der Waals surface area (Å²) in [4.78, 5) is 27.6. The van der Waals surface area contributed by atoms with E-state index in [1.165, 1.54) is 44.5 Å². The Morgan fingerprint density at radius 2 is 1.88 bits per heavy atom. The average Bonchev–Trinajstić information content (AvgIpc) is 3.16. The van der Waals surface area contributed by atoms with Crippen molar-refractivity contribution in [2.24, 2.45) is 0 Å². The van der Waals surface area contributed by atoms with Crippen LogP contribution in [-0.2, 0) is 4.79 Å². The van der Waals surface area contributed by atoms with Crippen molar-refractivity contribution < 1.29 is 9.72 Å². The first kappa shape index (κ1) is 17.8. The number of rotatable bonds is 5. The van der Waals surface area contributed by atoms with Gasteiger partial charge in [0.15, 0.2) is 0 Å². The Bertz CT molecular complexity index is 613. The lowest BCUT2D eigenvalue weighted by Gasteiger charge is -2.39. The number of nitrogens with one attached hydrogen (secondary N) is 1. The molecule has 2 saturated heterocycles. The van der Waals surface area contributed by atoms with E-state index in [2.05, 4.69) is 15.1 Å². The number of nitro benzene ring substituents is 1. The molecule has 0 unspecified atom stereocenters. The number of carbonyl (C=O) groups excluding carboxylic acids is 1. The molecule has 0 bridgehead atoms. The van der Waals surface area contributed by atoms with Gasteiger partial charge in [-0.25, -0.2) is 0 Å². The fourth-order valence-corrected chi connectivity index (χ4v) is 3.82. The monoisotopic (exact) mass is 346 g/mol. The summed E-state index contributed by atoms with van der Waals surface area (Å²) in [5.41, 5.74) is 0.617. The molecule has 0 aromatic heterocycles. The minimum atomic E-state index is -0.444. The predicted octanol–water partition coefficient (Wildman–Crippen LogP) is 2.48. The zero-order valence-corrected chi connectivity index (χ0v) is 14.7. The SMILES string of the molecule is C[C@H](C(=O)Nc1ccc([N+](=O)[O-])cc1)N1CCC[C@@H](N2CCCC2)C1. The number of hydrogen-bond donors (Lipinski definition) is 1. The molecule has 7 nitrogen and oxygen atoms in total. The maximum Gasteiger partial charge on any atom is 0.269 e. The maximum atomic E-state index is 12.6. The molecule has 0 spiro atoms. The molecular formula is C18H26N4O3. The largest absolute Gasteiger partial charge is 0.325 e. The average molecular weight is 346 g/mol. The van der Waals surface area contributed by atoms with Crippen molar-refractivity contribution in [1.29, 1.82) is 0 Å². The van der Waals surface area contributed by atoms with Gasteiger partial charge in [-0.2, -0.15) is 0 Å². The van der Waals surface area contributed by atoms with Crippen LogP contribution in [0.15, 0.2) is 24.3 Å². The van der Waals surface area contributed by atoms with Crippen molar-refractivity contribution in [3.05, 3.63) is 34.4 Å². The highest BCUT2D eigenvalue weighted by molar-refractivity contribution is 5.94. The molecule has 0 saturated carbocycles. The van der Waals surface area contributed by atoms with Crippen LogP contribution < -0.4 is 5.32 Å². The minimum Gasteiger partial charge on any atom is -0.325 e. The van der Waals surface area contributed by atoms with Crippen molar-refractivity contribution in [1.82, 2.24) is 9.80 Å². The van der Waals surface area contributed by atoms with Crippen molar-refractivity contribution in [2.75, 3.05) is 31.5 Å². The van der Waals surface area contributed by atoms with Gasteiger partial charge in [0.1, 0.15) is 0 Å². The van der Waals surface area contributed by atoms with Crippen molar-refractivity contribution >= 4 is 17.3 Å². The number of anilines is 1. The Balaban J connectivity index is 1.56. The highest BCUT2D eigenvalue weighted by atomic mass is 16.6. The predicted molar refractivity (Wildman–Crippen MR) is 96.6 cm³/mol. The van der Waals surface area contributed by atoms with Crippen LogP contribution in [0.25, 0.3) is 0 Å². The van der Waals surface area contributed by atoms with Gasteiger partial charge in [-0.1, -0.05) is 0 Å². The van der Waals surface area contributed by atoms with E-state index in [9.17, 15) is 14.9 Å². The normalized spacial score (nSPS) is 23.3. The van der Waals surface area contributed by atoms with Gasteiger partial charge in [-0.05, 0) is 64.4 Å². The van der Waals surface area contributed by atoms with Gasteiger partial charge in [-0.15, -0.1) is 0 Å². The number of benzene rings is 1. The van der Waals surface area contributed by atoms with E-state index in [0.29, 0.717) is 11.7 Å². The molecule has 1 aromatic rings. The van der Waals surface area contributed by atoms with Crippen LogP contribution in [-0.4, -0.2) is 58.9 Å². The van der Waals surface area contributed by atoms with E-state index < -0.39 is 4.92 Å². The van der Waals surface area contributed by atoms with Gasteiger partial charge in [0.2, 0.25) is 5.91 Å². The van der Waals surface area contributed by atoms with E-state index in [-0.39, 0.29) is 17.6 Å². The smallest absolute Gasteiger partial charge is 0.269 e. The van der Waals surface area contributed by atoms with E-state index in [4.69, 9.17) is 0 Å². The van der Waals surface area contributed by atoms with E-state index in [0.717, 1.165) is 19.5 Å². The fourth-order valence-electron chi connectivity index (χ4n) is 3.82. The van der Waals surface area contributed by atoms with Gasteiger partial charge in [0.05, 0.1) is 11.0 Å². The molecule has 2 atom stereocenters. The molecule has 2 heterocycles. The highest BCUT2D eigenvalue weighted by Crippen LogP contribution is 2.22. The molecule has 7 heteroatoms. The first-order chi connectivity index (χ1) is 12.0. The molecule has 2 aliphatic heterocycles. The van der Waals surface area contributed by atoms with E-state index >= 15 is 0 Å². The lowest BCUT2D eigenvalue weighted by molar-refractivity contribution is -0.384. The summed E-state index contributed by atoms with van der Waals surface area (Å²) in [6, 6.07) is 6.32. The van der Waals surface area contributed by atoms with Crippen LogP contribution in [0.2, 0.25) is 0 Å². The minimum absolute atomic E-state index is 0.0236. The Kier molecular flexibility index (Phi) is 5.65.